The molecule has 0 unspecified atom stereocenters. The third-order valence-electron chi connectivity index (χ3n) is 3.62. The number of carbonyl (C=O) groups excluding carboxylic acids is 1. The Bertz CT molecular complexity index is 970. The number of para-hydroxylation sites is 1. The summed E-state index contributed by atoms with van der Waals surface area (Å²) >= 11 is 0. The van der Waals surface area contributed by atoms with E-state index in [0.717, 1.165) is 0 Å². The number of nitrogens with zero attached hydrogens (tertiary/aromatic N) is 2. The maximum atomic E-state index is 12.5. The van der Waals surface area contributed by atoms with Crippen molar-refractivity contribution < 1.29 is 9.90 Å². The van der Waals surface area contributed by atoms with Gasteiger partial charge in [-0.25, -0.2) is 10.1 Å². The smallest absolute Gasteiger partial charge is 0.280 e. The van der Waals surface area contributed by atoms with E-state index in [1.807, 2.05) is 30.3 Å². The number of aromatic hydroxyl groups is 1. The van der Waals surface area contributed by atoms with Crippen molar-refractivity contribution in [3.8, 4) is 11.4 Å². The number of aromatic amines is 1. The van der Waals surface area contributed by atoms with E-state index < -0.39 is 5.91 Å². The fourth-order valence-corrected chi connectivity index (χ4v) is 2.30. The molecule has 25 heavy (non-hydrogen) atoms. The monoisotopic (exact) mass is 336 g/mol. The Morgan fingerprint density at radius 3 is 2.52 bits per heavy atom. The normalized spacial score (nSPS) is 10.9. The topological polar surface area (TPSA) is 99.5 Å². The van der Waals surface area contributed by atoms with Crippen LogP contribution < -0.4 is 11.0 Å². The van der Waals surface area contributed by atoms with Crippen molar-refractivity contribution in [1.29, 1.82) is 0 Å². The van der Waals surface area contributed by atoms with Gasteiger partial charge in [-0.1, -0.05) is 18.2 Å². The molecule has 7 nitrogen and oxygen atoms in total. The summed E-state index contributed by atoms with van der Waals surface area (Å²) in [5.41, 5.74) is 4.15. The van der Waals surface area contributed by atoms with Gasteiger partial charge in [-0.05, 0) is 43.3 Å². The molecule has 1 aromatic heterocycles. The van der Waals surface area contributed by atoms with E-state index in [1.165, 1.54) is 35.2 Å². The van der Waals surface area contributed by atoms with Crippen LogP contribution in [-0.4, -0.2) is 27.0 Å². The summed E-state index contributed by atoms with van der Waals surface area (Å²) in [6.07, 6.45) is 1.31. The summed E-state index contributed by atoms with van der Waals surface area (Å²) in [7, 11) is 0. The van der Waals surface area contributed by atoms with Crippen molar-refractivity contribution in [2.24, 2.45) is 5.10 Å². The van der Waals surface area contributed by atoms with Crippen LogP contribution in [0, 0.1) is 6.92 Å². The Morgan fingerprint density at radius 2 is 1.84 bits per heavy atom. The number of aromatic nitrogens is 2. The van der Waals surface area contributed by atoms with Gasteiger partial charge in [-0.15, -0.1) is 0 Å². The molecule has 0 radical (unpaired) electrons. The number of phenolic OH excluding ortho intramolecular Hbond substituents is 1. The molecule has 0 aliphatic heterocycles. The van der Waals surface area contributed by atoms with Crippen LogP contribution in [0.3, 0.4) is 0 Å². The Labute approximate surface area is 143 Å². The zero-order chi connectivity index (χ0) is 17.8. The Balaban J connectivity index is 1.78. The third kappa shape index (κ3) is 3.50. The summed E-state index contributed by atoms with van der Waals surface area (Å²) in [5, 5.41) is 16.0. The van der Waals surface area contributed by atoms with Gasteiger partial charge in [0.1, 0.15) is 5.75 Å². The van der Waals surface area contributed by atoms with Gasteiger partial charge < -0.3 is 5.11 Å². The van der Waals surface area contributed by atoms with E-state index in [0.29, 0.717) is 22.5 Å². The Hall–Kier alpha value is -3.61. The van der Waals surface area contributed by atoms with Crippen LogP contribution >= 0.6 is 0 Å². The van der Waals surface area contributed by atoms with Gasteiger partial charge in [0, 0.05) is 11.3 Å². The minimum absolute atomic E-state index is 0.0736. The van der Waals surface area contributed by atoms with Gasteiger partial charge in [0.25, 0.3) is 11.5 Å². The maximum Gasteiger partial charge on any atom is 0.280 e. The molecule has 3 N–H and O–H groups in total. The molecule has 0 aliphatic carbocycles. The summed E-state index contributed by atoms with van der Waals surface area (Å²) < 4.78 is 1.42. The van der Waals surface area contributed by atoms with Crippen LogP contribution in [-0.2, 0) is 0 Å². The zero-order valence-electron chi connectivity index (χ0n) is 13.4. The molecule has 0 aliphatic rings. The molecule has 2 aromatic carbocycles. The van der Waals surface area contributed by atoms with Crippen molar-refractivity contribution in [3.63, 3.8) is 0 Å². The lowest BCUT2D eigenvalue weighted by Gasteiger charge is -1.99. The lowest BCUT2D eigenvalue weighted by molar-refractivity contribution is 0.0955. The number of hydrogen-bond acceptors (Lipinski definition) is 4. The molecule has 1 amide bonds. The molecule has 0 spiro atoms. The van der Waals surface area contributed by atoms with Crippen LogP contribution in [0.5, 0.6) is 5.75 Å². The highest BCUT2D eigenvalue weighted by Crippen LogP contribution is 2.09. The van der Waals surface area contributed by atoms with E-state index in [1.54, 1.807) is 6.92 Å². The fraction of sp³-hybridized carbons (Fsp3) is 0.0556. The molecule has 0 saturated heterocycles. The molecule has 7 heteroatoms. The van der Waals surface area contributed by atoms with Crippen LogP contribution in [0.1, 0.15) is 21.6 Å². The van der Waals surface area contributed by atoms with E-state index in [-0.39, 0.29) is 11.3 Å². The molecule has 0 bridgehead atoms. The highest BCUT2D eigenvalue weighted by Gasteiger charge is 2.10. The first kappa shape index (κ1) is 16.3. The molecular weight excluding hydrogens is 320 g/mol. The van der Waals surface area contributed by atoms with Crippen molar-refractivity contribution in [1.82, 2.24) is 15.2 Å². The lowest BCUT2D eigenvalue weighted by Crippen LogP contribution is -2.20. The van der Waals surface area contributed by atoms with Crippen molar-refractivity contribution in [2.45, 2.75) is 6.92 Å². The van der Waals surface area contributed by atoms with Gasteiger partial charge in [-0.3, -0.25) is 14.7 Å². The average molecular weight is 336 g/mol. The number of phenols is 1. The number of benzene rings is 2. The number of rotatable bonds is 4. The van der Waals surface area contributed by atoms with Crippen LogP contribution in [0.4, 0.5) is 0 Å². The molecule has 0 atom stereocenters. The second-order valence-electron chi connectivity index (χ2n) is 5.37. The summed E-state index contributed by atoms with van der Waals surface area (Å²) in [4.78, 5) is 24.4. The standard InChI is InChI=1S/C18H16N4O3/c1-12-16(18(25)22(21-12)14-5-3-2-4-6-14)11-19-20-17(24)13-7-9-15(23)10-8-13/h2-11,21,23H,1H3,(H,20,24)/b19-11-. The first-order valence-corrected chi connectivity index (χ1v) is 7.56. The lowest BCUT2D eigenvalue weighted by atomic mass is 10.2. The quantitative estimate of drug-likeness (QED) is 0.501. The maximum absolute atomic E-state index is 12.5. The van der Waals surface area contributed by atoms with E-state index >= 15 is 0 Å². The number of amides is 1. The predicted molar refractivity (Wildman–Crippen MR) is 94.3 cm³/mol. The van der Waals surface area contributed by atoms with Crippen molar-refractivity contribution in [3.05, 3.63) is 81.8 Å². The molecule has 0 fully saturated rings. The summed E-state index contributed by atoms with van der Waals surface area (Å²) in [6, 6.07) is 14.9. The number of H-pyrrole nitrogens is 1. The molecular formula is C18H16N4O3. The molecule has 0 saturated carbocycles. The number of hydrazone groups is 1. The third-order valence-corrected chi connectivity index (χ3v) is 3.62. The van der Waals surface area contributed by atoms with Crippen molar-refractivity contribution >= 4 is 12.1 Å². The van der Waals surface area contributed by atoms with E-state index in [9.17, 15) is 14.7 Å². The predicted octanol–water partition coefficient (Wildman–Crippen LogP) is 1.94. The second kappa shape index (κ2) is 6.88. The number of aryl methyl sites for hydroxylation is 1. The van der Waals surface area contributed by atoms with Crippen LogP contribution in [0.25, 0.3) is 5.69 Å². The highest BCUT2D eigenvalue weighted by molar-refractivity contribution is 5.95. The SMILES string of the molecule is Cc1[nH]n(-c2ccccc2)c(=O)c1/C=N\NC(=O)c1ccc(O)cc1. The summed E-state index contributed by atoms with van der Waals surface area (Å²) in [6.45, 7) is 1.75. The molecule has 126 valence electrons. The first-order valence-electron chi connectivity index (χ1n) is 7.56. The number of hydrogen-bond donors (Lipinski definition) is 3. The van der Waals surface area contributed by atoms with Crippen LogP contribution in [0.2, 0.25) is 0 Å². The number of nitrogens with one attached hydrogen (secondary N) is 2. The van der Waals surface area contributed by atoms with Gasteiger partial charge in [0.15, 0.2) is 0 Å². The molecule has 1 heterocycles. The van der Waals surface area contributed by atoms with Gasteiger partial charge in [0.05, 0.1) is 17.5 Å². The largest absolute Gasteiger partial charge is 0.508 e. The average Bonchev–Trinajstić information content (AvgIpc) is 2.91. The number of carbonyl (C=O) groups is 1. The second-order valence-corrected chi connectivity index (χ2v) is 5.37. The minimum Gasteiger partial charge on any atom is -0.508 e. The first-order chi connectivity index (χ1) is 12.1. The summed E-state index contributed by atoms with van der Waals surface area (Å²) in [5.74, 6) is -0.364. The molecule has 3 aromatic rings. The van der Waals surface area contributed by atoms with Crippen LogP contribution in [0.15, 0.2) is 64.5 Å². The highest BCUT2D eigenvalue weighted by atomic mass is 16.3. The fourth-order valence-electron chi connectivity index (χ4n) is 2.30. The zero-order valence-corrected chi connectivity index (χ0v) is 13.4. The van der Waals surface area contributed by atoms with Crippen molar-refractivity contribution in [2.75, 3.05) is 0 Å². The minimum atomic E-state index is -0.437. The Kier molecular flexibility index (Phi) is 4.47. The Morgan fingerprint density at radius 1 is 1.16 bits per heavy atom. The van der Waals surface area contributed by atoms with E-state index in [2.05, 4.69) is 15.6 Å². The van der Waals surface area contributed by atoms with Gasteiger partial charge >= 0.3 is 0 Å². The molecule has 3 rings (SSSR count). The van der Waals surface area contributed by atoms with Gasteiger partial charge in [0.2, 0.25) is 0 Å². The van der Waals surface area contributed by atoms with Gasteiger partial charge in [-0.2, -0.15) is 5.10 Å². The van der Waals surface area contributed by atoms with E-state index in [4.69, 9.17) is 0 Å².